The number of hydrogen-bond donors (Lipinski definition) is 1. The summed E-state index contributed by atoms with van der Waals surface area (Å²) >= 11 is 4.87. The smallest absolute Gasteiger partial charge is 0.205 e. The normalized spacial score (nSPS) is 10.3. The molecule has 0 atom stereocenters. The average Bonchev–Trinajstić information content (AvgIpc) is 2.62. The Balaban J connectivity index is 1.99. The largest absolute Gasteiger partial charge is 0.354 e. The van der Waals surface area contributed by atoms with Crippen molar-refractivity contribution in [2.45, 2.75) is 13.5 Å². The van der Waals surface area contributed by atoms with Crippen LogP contribution in [0.2, 0.25) is 0 Å². The van der Waals surface area contributed by atoms with Crippen LogP contribution in [0.15, 0.2) is 22.8 Å². The van der Waals surface area contributed by atoms with E-state index in [2.05, 4.69) is 36.4 Å². The van der Waals surface area contributed by atoms with Crippen molar-refractivity contribution >= 4 is 32.4 Å². The van der Waals surface area contributed by atoms with E-state index < -0.39 is 0 Å². The van der Waals surface area contributed by atoms with E-state index in [4.69, 9.17) is 0 Å². The fraction of sp³-hybridized carbons (Fsp3) is 0.222. The van der Waals surface area contributed by atoms with E-state index in [1.807, 2.05) is 25.1 Å². The van der Waals surface area contributed by atoms with Gasteiger partial charge in [-0.2, -0.15) is 0 Å². The number of anilines is 1. The van der Waals surface area contributed by atoms with Crippen LogP contribution in [-0.4, -0.2) is 15.2 Å². The van der Waals surface area contributed by atoms with E-state index in [9.17, 15) is 0 Å². The maximum absolute atomic E-state index is 4.31. The number of nitrogens with zero attached hydrogens (tertiary/aromatic N) is 3. The minimum atomic E-state index is 0.661. The number of nitrogens with one attached hydrogen (secondary N) is 1. The lowest BCUT2D eigenvalue weighted by Crippen LogP contribution is -2.01. The second kappa shape index (κ2) is 4.67. The van der Waals surface area contributed by atoms with E-state index >= 15 is 0 Å². The van der Waals surface area contributed by atoms with E-state index in [0.29, 0.717) is 6.54 Å². The Labute approximate surface area is 99.9 Å². The highest BCUT2D eigenvalue weighted by molar-refractivity contribution is 9.10. The van der Waals surface area contributed by atoms with Gasteiger partial charge in [0.2, 0.25) is 5.13 Å². The summed E-state index contributed by atoms with van der Waals surface area (Å²) in [6.45, 7) is 2.59. The molecule has 78 valence electrons. The Bertz CT molecular complexity index is 457. The first-order valence-corrected chi connectivity index (χ1v) is 6.00. The lowest BCUT2D eigenvalue weighted by atomic mass is 10.3. The second-order valence-corrected chi connectivity index (χ2v) is 4.93. The van der Waals surface area contributed by atoms with Gasteiger partial charge in [-0.05, 0) is 35.0 Å². The van der Waals surface area contributed by atoms with E-state index in [-0.39, 0.29) is 0 Å². The number of aromatic nitrogens is 3. The molecule has 15 heavy (non-hydrogen) atoms. The van der Waals surface area contributed by atoms with E-state index in [1.165, 1.54) is 11.3 Å². The molecule has 2 heterocycles. The van der Waals surface area contributed by atoms with Crippen molar-refractivity contribution in [3.05, 3.63) is 33.5 Å². The maximum atomic E-state index is 4.31. The highest BCUT2D eigenvalue weighted by atomic mass is 79.9. The molecule has 0 unspecified atom stereocenters. The maximum Gasteiger partial charge on any atom is 0.205 e. The molecule has 4 nitrogen and oxygen atoms in total. The molecule has 1 N–H and O–H groups in total. The summed E-state index contributed by atoms with van der Waals surface area (Å²) in [7, 11) is 0. The SMILES string of the molecule is Cc1nnc(NCc2cccc(Br)n2)s1. The first-order chi connectivity index (χ1) is 7.24. The molecule has 0 saturated heterocycles. The average molecular weight is 285 g/mol. The molecule has 0 saturated carbocycles. The zero-order valence-electron chi connectivity index (χ0n) is 8.07. The number of pyridine rings is 1. The van der Waals surface area contributed by atoms with Gasteiger partial charge in [-0.15, -0.1) is 10.2 Å². The van der Waals surface area contributed by atoms with Crippen molar-refractivity contribution in [3.8, 4) is 0 Å². The minimum absolute atomic E-state index is 0.661. The predicted octanol–water partition coefficient (Wildman–Crippen LogP) is 2.62. The van der Waals surface area contributed by atoms with Crippen LogP contribution in [0, 0.1) is 6.92 Å². The predicted molar refractivity (Wildman–Crippen MR) is 63.9 cm³/mol. The summed E-state index contributed by atoms with van der Waals surface area (Å²) in [6, 6.07) is 5.82. The van der Waals surface area contributed by atoms with Crippen molar-refractivity contribution < 1.29 is 0 Å². The Morgan fingerprint density at radius 2 is 2.27 bits per heavy atom. The molecular formula is C9H9BrN4S. The molecule has 0 fully saturated rings. The monoisotopic (exact) mass is 284 g/mol. The number of rotatable bonds is 3. The fourth-order valence-electron chi connectivity index (χ4n) is 1.08. The zero-order chi connectivity index (χ0) is 10.7. The van der Waals surface area contributed by atoms with Crippen LogP contribution in [0.1, 0.15) is 10.7 Å². The number of aryl methyl sites for hydroxylation is 1. The summed E-state index contributed by atoms with van der Waals surface area (Å²) in [4.78, 5) is 4.31. The van der Waals surface area contributed by atoms with Gasteiger partial charge in [0.05, 0.1) is 12.2 Å². The summed E-state index contributed by atoms with van der Waals surface area (Å²) in [5.74, 6) is 0. The summed E-state index contributed by atoms with van der Waals surface area (Å²) in [5, 5.41) is 12.9. The lowest BCUT2D eigenvalue weighted by molar-refractivity contribution is 0.993. The van der Waals surface area contributed by atoms with Gasteiger partial charge in [-0.25, -0.2) is 4.98 Å². The minimum Gasteiger partial charge on any atom is -0.354 e. The quantitative estimate of drug-likeness (QED) is 0.881. The number of halogens is 1. The molecule has 0 radical (unpaired) electrons. The molecule has 0 aromatic carbocycles. The van der Waals surface area contributed by atoms with Crippen LogP contribution < -0.4 is 5.32 Å². The third-order valence-corrected chi connectivity index (χ3v) is 2.96. The molecule has 2 rings (SSSR count). The van der Waals surface area contributed by atoms with Crippen molar-refractivity contribution in [3.63, 3.8) is 0 Å². The van der Waals surface area contributed by atoms with Gasteiger partial charge in [0.1, 0.15) is 9.61 Å². The summed E-state index contributed by atoms with van der Waals surface area (Å²) < 4.78 is 0.843. The first-order valence-electron chi connectivity index (χ1n) is 4.39. The molecule has 0 bridgehead atoms. The van der Waals surface area contributed by atoms with E-state index in [1.54, 1.807) is 0 Å². The Morgan fingerprint density at radius 1 is 1.40 bits per heavy atom. The van der Waals surface area contributed by atoms with Crippen LogP contribution in [0.25, 0.3) is 0 Å². The van der Waals surface area contributed by atoms with Gasteiger partial charge in [-0.1, -0.05) is 17.4 Å². The van der Waals surface area contributed by atoms with Gasteiger partial charge in [-0.3, -0.25) is 0 Å². The molecule has 0 spiro atoms. The summed E-state index contributed by atoms with van der Waals surface area (Å²) in [5.41, 5.74) is 0.970. The van der Waals surface area contributed by atoms with Crippen molar-refractivity contribution in [1.29, 1.82) is 0 Å². The van der Waals surface area contributed by atoms with Crippen molar-refractivity contribution in [2.75, 3.05) is 5.32 Å². The first kappa shape index (κ1) is 10.5. The molecule has 0 aliphatic carbocycles. The standard InChI is InChI=1S/C9H9BrN4S/c1-6-13-14-9(15-6)11-5-7-3-2-4-8(10)12-7/h2-4H,5H2,1H3,(H,11,14). The van der Waals surface area contributed by atoms with Crippen LogP contribution in [0.4, 0.5) is 5.13 Å². The van der Waals surface area contributed by atoms with E-state index in [0.717, 1.165) is 20.4 Å². The fourth-order valence-corrected chi connectivity index (χ4v) is 2.05. The molecular weight excluding hydrogens is 276 g/mol. The topological polar surface area (TPSA) is 50.7 Å². The van der Waals surface area contributed by atoms with Gasteiger partial charge in [0, 0.05) is 0 Å². The van der Waals surface area contributed by atoms with Crippen LogP contribution >= 0.6 is 27.3 Å². The van der Waals surface area contributed by atoms with Crippen LogP contribution in [0.5, 0.6) is 0 Å². The highest BCUT2D eigenvalue weighted by Crippen LogP contribution is 2.14. The Hall–Kier alpha value is -1.01. The van der Waals surface area contributed by atoms with Gasteiger partial charge in [0.25, 0.3) is 0 Å². The molecule has 2 aromatic rings. The Kier molecular flexibility index (Phi) is 3.27. The molecule has 0 aliphatic rings. The third-order valence-electron chi connectivity index (χ3n) is 1.72. The van der Waals surface area contributed by atoms with Gasteiger partial charge in [0.15, 0.2) is 0 Å². The van der Waals surface area contributed by atoms with Crippen molar-refractivity contribution in [2.24, 2.45) is 0 Å². The van der Waals surface area contributed by atoms with Gasteiger partial charge >= 0.3 is 0 Å². The molecule has 6 heteroatoms. The van der Waals surface area contributed by atoms with Crippen LogP contribution in [-0.2, 0) is 6.54 Å². The van der Waals surface area contributed by atoms with Crippen molar-refractivity contribution in [1.82, 2.24) is 15.2 Å². The second-order valence-electron chi connectivity index (χ2n) is 2.93. The highest BCUT2D eigenvalue weighted by Gasteiger charge is 2.00. The molecule has 2 aromatic heterocycles. The lowest BCUT2D eigenvalue weighted by Gasteiger charge is -2.01. The summed E-state index contributed by atoms with van der Waals surface area (Å²) in [6.07, 6.45) is 0. The van der Waals surface area contributed by atoms with Gasteiger partial charge < -0.3 is 5.32 Å². The van der Waals surface area contributed by atoms with Crippen LogP contribution in [0.3, 0.4) is 0 Å². The Morgan fingerprint density at radius 3 is 2.93 bits per heavy atom. The third kappa shape index (κ3) is 2.97. The molecule has 0 aliphatic heterocycles. The zero-order valence-corrected chi connectivity index (χ0v) is 10.5. The molecule has 0 amide bonds. The number of hydrogen-bond acceptors (Lipinski definition) is 5.